The van der Waals surface area contributed by atoms with E-state index < -0.39 is 19.7 Å². The van der Waals surface area contributed by atoms with Crippen molar-refractivity contribution in [3.63, 3.8) is 0 Å². The fourth-order valence-electron chi connectivity index (χ4n) is 4.24. The first kappa shape index (κ1) is 27.0. The van der Waals surface area contributed by atoms with Gasteiger partial charge < -0.3 is 0 Å². The molecule has 11 heteroatoms. The number of rotatable bonds is 8. The maximum Gasteiger partial charge on any atom is 0.270 e. The van der Waals surface area contributed by atoms with E-state index >= 15 is 0 Å². The third kappa shape index (κ3) is 5.89. The Morgan fingerprint density at radius 2 is 1.05 bits per heavy atom. The molecule has 1 aliphatic heterocycles. The number of hydrogen-bond donors (Lipinski definition) is 0. The Morgan fingerprint density at radius 3 is 1.46 bits per heavy atom. The number of nitro benzene ring substituents is 2. The Balaban J connectivity index is 1.32. The molecule has 0 radical (unpaired) electrons. The summed E-state index contributed by atoms with van der Waals surface area (Å²) < 4.78 is 26.7. The zero-order chi connectivity index (χ0) is 29.0. The van der Waals surface area contributed by atoms with Crippen molar-refractivity contribution in [2.24, 2.45) is 9.98 Å². The number of fused-ring (bicyclic) bond motifs is 3. The highest BCUT2D eigenvalue weighted by Gasteiger charge is 2.33. The van der Waals surface area contributed by atoms with Gasteiger partial charge in [-0.2, -0.15) is 0 Å². The second-order valence-corrected chi connectivity index (χ2v) is 10.7. The van der Waals surface area contributed by atoms with Gasteiger partial charge >= 0.3 is 0 Å². The highest BCUT2D eigenvalue weighted by Crippen LogP contribution is 2.45. The number of sulfone groups is 1. The van der Waals surface area contributed by atoms with Crippen molar-refractivity contribution in [1.82, 2.24) is 0 Å². The Morgan fingerprint density at radius 1 is 0.610 bits per heavy atom. The number of benzene rings is 4. The lowest BCUT2D eigenvalue weighted by molar-refractivity contribution is -0.385. The number of aliphatic imine (C=N–C) groups is 2. The van der Waals surface area contributed by atoms with Crippen molar-refractivity contribution in [2.75, 3.05) is 0 Å². The lowest BCUT2D eigenvalue weighted by Gasteiger charge is -2.00. The molecule has 1 aliphatic rings. The number of hydrogen-bond acceptors (Lipinski definition) is 8. The molecule has 0 saturated carbocycles. The van der Waals surface area contributed by atoms with Crippen LogP contribution in [0.25, 0.3) is 23.3 Å². The average Bonchev–Trinajstić information content (AvgIpc) is 3.19. The Kier molecular flexibility index (Phi) is 7.44. The van der Waals surface area contributed by atoms with Gasteiger partial charge in [0.15, 0.2) is 0 Å². The zero-order valence-corrected chi connectivity index (χ0v) is 22.0. The van der Waals surface area contributed by atoms with Gasteiger partial charge in [-0.25, -0.2) is 8.42 Å². The summed E-state index contributed by atoms with van der Waals surface area (Å²) in [6, 6.07) is 22.2. The van der Waals surface area contributed by atoms with Gasteiger partial charge in [-0.1, -0.05) is 48.6 Å². The summed E-state index contributed by atoms with van der Waals surface area (Å²) in [5.41, 5.74) is 3.27. The van der Waals surface area contributed by atoms with E-state index in [0.717, 1.165) is 0 Å². The van der Waals surface area contributed by atoms with Crippen LogP contribution in [0.4, 0.5) is 22.7 Å². The van der Waals surface area contributed by atoms with E-state index in [4.69, 9.17) is 0 Å². The van der Waals surface area contributed by atoms with Crippen molar-refractivity contribution in [1.29, 1.82) is 0 Å². The van der Waals surface area contributed by atoms with Crippen LogP contribution in [0, 0.1) is 20.2 Å². The maximum absolute atomic E-state index is 13.3. The van der Waals surface area contributed by atoms with E-state index in [0.29, 0.717) is 33.6 Å². The van der Waals surface area contributed by atoms with E-state index in [9.17, 15) is 28.6 Å². The molecule has 1 heterocycles. The average molecular weight is 565 g/mol. The first-order valence-corrected chi connectivity index (χ1v) is 13.6. The predicted octanol–water partition coefficient (Wildman–Crippen LogP) is 7.15. The van der Waals surface area contributed by atoms with Crippen molar-refractivity contribution in [2.45, 2.75) is 9.79 Å². The molecular weight excluding hydrogens is 544 g/mol. The maximum atomic E-state index is 13.3. The first-order chi connectivity index (χ1) is 19.7. The van der Waals surface area contributed by atoms with Crippen LogP contribution in [0.1, 0.15) is 11.1 Å². The van der Waals surface area contributed by atoms with Crippen LogP contribution in [-0.2, 0) is 9.84 Å². The minimum absolute atomic E-state index is 0.0155. The Labute approximate surface area is 234 Å². The first-order valence-electron chi connectivity index (χ1n) is 12.2. The second kappa shape index (κ2) is 11.3. The predicted molar refractivity (Wildman–Crippen MR) is 158 cm³/mol. The van der Waals surface area contributed by atoms with E-state index in [2.05, 4.69) is 9.98 Å². The normalized spacial score (nSPS) is 13.8. The van der Waals surface area contributed by atoms with Crippen molar-refractivity contribution < 1.29 is 18.3 Å². The summed E-state index contributed by atoms with van der Waals surface area (Å²) in [6.07, 6.45) is 9.54. The minimum Gasteiger partial charge on any atom is -0.258 e. The van der Waals surface area contributed by atoms with Gasteiger partial charge in [-0.15, -0.1) is 0 Å². The van der Waals surface area contributed by atoms with E-state index in [1.54, 1.807) is 72.8 Å². The lowest BCUT2D eigenvalue weighted by atomic mass is 10.1. The molecule has 0 bridgehead atoms. The monoisotopic (exact) mass is 564 g/mol. The summed E-state index contributed by atoms with van der Waals surface area (Å²) in [7, 11) is -3.79. The van der Waals surface area contributed by atoms with Crippen LogP contribution < -0.4 is 0 Å². The molecule has 0 unspecified atom stereocenters. The van der Waals surface area contributed by atoms with Gasteiger partial charge in [0.1, 0.15) is 0 Å². The SMILES string of the molecule is O=[N+]([O-])c1cccc(/C=C/C=Nc2ccc3c(c2)S(=O)(=O)c2cc(N=C/C=C/c4cccc([N+](=O)[O-])c4)ccc2-3)c1. The van der Waals surface area contributed by atoms with Gasteiger partial charge in [0.25, 0.3) is 11.4 Å². The van der Waals surface area contributed by atoms with Gasteiger partial charge in [0.2, 0.25) is 9.84 Å². The van der Waals surface area contributed by atoms with Gasteiger partial charge in [-0.3, -0.25) is 30.2 Å². The number of nitrogens with zero attached hydrogens (tertiary/aromatic N) is 4. The van der Waals surface area contributed by atoms with E-state index in [-0.39, 0.29) is 21.2 Å². The van der Waals surface area contributed by atoms with E-state index in [1.807, 2.05) is 0 Å². The molecule has 0 aliphatic carbocycles. The van der Waals surface area contributed by atoms with Gasteiger partial charge in [-0.05, 0) is 47.5 Å². The summed E-state index contributed by atoms with van der Waals surface area (Å²) in [6.45, 7) is 0. The molecule has 0 amide bonds. The summed E-state index contributed by atoms with van der Waals surface area (Å²) in [5, 5.41) is 21.9. The molecule has 0 N–H and O–H groups in total. The molecule has 0 aromatic heterocycles. The van der Waals surface area contributed by atoms with Crippen LogP contribution in [0.2, 0.25) is 0 Å². The van der Waals surface area contributed by atoms with Crippen molar-refractivity contribution in [3.05, 3.63) is 128 Å². The molecule has 202 valence electrons. The smallest absolute Gasteiger partial charge is 0.258 e. The highest BCUT2D eigenvalue weighted by atomic mass is 32.2. The standard InChI is InChI=1S/C30H20N4O6S/c35-33(36)25-9-1-5-21(17-25)7-3-15-31-23-11-13-27-28-14-12-24(20-30(28)41(39,40)29(27)19-23)32-16-4-8-22-6-2-10-26(18-22)34(37)38/h1-20H/b7-3+,8-4+,31-15?,32-16?. The molecule has 10 nitrogen and oxygen atoms in total. The minimum atomic E-state index is -3.79. The quantitative estimate of drug-likeness (QED) is 0.111. The lowest BCUT2D eigenvalue weighted by Crippen LogP contribution is -1.96. The summed E-state index contributed by atoms with van der Waals surface area (Å²) in [4.78, 5) is 29.8. The molecule has 41 heavy (non-hydrogen) atoms. The number of allylic oxidation sites excluding steroid dienone is 2. The molecule has 4 aromatic rings. The third-order valence-corrected chi connectivity index (χ3v) is 7.99. The number of non-ortho nitro benzene ring substituents is 2. The third-order valence-electron chi connectivity index (χ3n) is 6.16. The Bertz CT molecular complexity index is 1790. The molecule has 0 atom stereocenters. The van der Waals surface area contributed by atoms with Crippen LogP contribution >= 0.6 is 0 Å². The molecule has 0 spiro atoms. The van der Waals surface area contributed by atoms with Crippen LogP contribution in [0.3, 0.4) is 0 Å². The molecule has 5 rings (SSSR count). The topological polar surface area (TPSA) is 145 Å². The second-order valence-electron chi connectivity index (χ2n) is 8.84. The fraction of sp³-hybridized carbons (Fsp3) is 0. The summed E-state index contributed by atoms with van der Waals surface area (Å²) in [5.74, 6) is 0. The van der Waals surface area contributed by atoms with Gasteiger partial charge in [0.05, 0.1) is 31.0 Å². The van der Waals surface area contributed by atoms with Crippen molar-refractivity contribution >= 4 is 57.2 Å². The molecular formula is C30H20N4O6S. The molecule has 0 saturated heterocycles. The zero-order valence-electron chi connectivity index (χ0n) is 21.2. The van der Waals surface area contributed by atoms with Crippen LogP contribution in [0.15, 0.2) is 117 Å². The summed E-state index contributed by atoms with van der Waals surface area (Å²) >= 11 is 0. The van der Waals surface area contributed by atoms with Gasteiger partial charge in [0, 0.05) is 47.8 Å². The van der Waals surface area contributed by atoms with E-state index in [1.165, 1.54) is 48.8 Å². The fourth-order valence-corrected chi connectivity index (χ4v) is 5.97. The largest absolute Gasteiger partial charge is 0.270 e. The number of nitro groups is 2. The Hall–Kier alpha value is -5.55. The molecule has 0 fully saturated rings. The van der Waals surface area contributed by atoms with Crippen molar-refractivity contribution in [3.8, 4) is 11.1 Å². The van der Waals surface area contributed by atoms with Crippen LogP contribution in [-0.4, -0.2) is 30.7 Å². The highest BCUT2D eigenvalue weighted by molar-refractivity contribution is 7.92. The van der Waals surface area contributed by atoms with Crippen LogP contribution in [0.5, 0.6) is 0 Å². The molecule has 4 aromatic carbocycles.